The van der Waals surface area contributed by atoms with Crippen LogP contribution in [-0.4, -0.2) is 38.2 Å². The van der Waals surface area contributed by atoms with Crippen molar-refractivity contribution >= 4 is 21.8 Å². The molecule has 0 radical (unpaired) electrons. The molecule has 0 aliphatic carbocycles. The van der Waals surface area contributed by atoms with E-state index in [0.717, 1.165) is 25.7 Å². The molecule has 0 aromatic heterocycles. The van der Waals surface area contributed by atoms with Gasteiger partial charge in [0.25, 0.3) is 10.2 Å². The standard InChI is InChI=1S/C12H25ClN2O2S/c1-11-5-8-15(9-6-11)18(16,17)14-7-3-4-12(2)10-13/h11-12,14H,3-10H2,1-2H3. The van der Waals surface area contributed by atoms with Gasteiger partial charge in [0.15, 0.2) is 0 Å². The largest absolute Gasteiger partial charge is 0.279 e. The molecule has 0 amide bonds. The van der Waals surface area contributed by atoms with E-state index in [2.05, 4.69) is 18.6 Å². The SMILES string of the molecule is CC(CCl)CCCNS(=O)(=O)N1CCC(C)CC1. The fraction of sp³-hybridized carbons (Fsp3) is 1.00. The molecular weight excluding hydrogens is 272 g/mol. The van der Waals surface area contributed by atoms with Gasteiger partial charge in [-0.1, -0.05) is 13.8 Å². The molecule has 1 aliphatic rings. The van der Waals surface area contributed by atoms with E-state index >= 15 is 0 Å². The highest BCUT2D eigenvalue weighted by atomic mass is 35.5. The molecule has 1 fully saturated rings. The number of rotatable bonds is 7. The van der Waals surface area contributed by atoms with Crippen LogP contribution in [0.2, 0.25) is 0 Å². The summed E-state index contributed by atoms with van der Waals surface area (Å²) in [5.74, 6) is 1.73. The molecule has 108 valence electrons. The maximum absolute atomic E-state index is 12.0. The van der Waals surface area contributed by atoms with Gasteiger partial charge in [0.05, 0.1) is 0 Å². The van der Waals surface area contributed by atoms with Crippen LogP contribution in [0, 0.1) is 11.8 Å². The fourth-order valence-electron chi connectivity index (χ4n) is 2.05. The molecule has 0 spiro atoms. The summed E-state index contributed by atoms with van der Waals surface area (Å²) in [6.07, 6.45) is 3.73. The summed E-state index contributed by atoms with van der Waals surface area (Å²) in [7, 11) is -3.26. The Morgan fingerprint density at radius 2 is 2.00 bits per heavy atom. The average Bonchev–Trinajstić information content (AvgIpc) is 2.35. The van der Waals surface area contributed by atoms with Crippen molar-refractivity contribution in [2.24, 2.45) is 11.8 Å². The van der Waals surface area contributed by atoms with Crippen molar-refractivity contribution in [1.82, 2.24) is 9.03 Å². The molecule has 18 heavy (non-hydrogen) atoms. The molecule has 1 unspecified atom stereocenters. The molecule has 1 atom stereocenters. The smallest absolute Gasteiger partial charge is 0.202 e. The Kier molecular flexibility index (Phi) is 6.92. The Hall–Kier alpha value is 0.160. The highest BCUT2D eigenvalue weighted by Crippen LogP contribution is 2.18. The van der Waals surface area contributed by atoms with Crippen molar-refractivity contribution in [1.29, 1.82) is 0 Å². The minimum Gasteiger partial charge on any atom is -0.202 e. The Bertz CT molecular complexity index is 327. The van der Waals surface area contributed by atoms with Gasteiger partial charge in [0, 0.05) is 25.5 Å². The predicted molar refractivity (Wildman–Crippen MR) is 76.0 cm³/mol. The van der Waals surface area contributed by atoms with Crippen molar-refractivity contribution < 1.29 is 8.42 Å². The lowest BCUT2D eigenvalue weighted by Gasteiger charge is -2.29. The maximum atomic E-state index is 12.0. The van der Waals surface area contributed by atoms with E-state index in [1.54, 1.807) is 4.31 Å². The second-order valence-electron chi connectivity index (χ2n) is 5.38. The first kappa shape index (κ1) is 16.2. The average molecular weight is 297 g/mol. The zero-order valence-corrected chi connectivity index (χ0v) is 12.9. The van der Waals surface area contributed by atoms with Crippen molar-refractivity contribution in [3.8, 4) is 0 Å². The zero-order chi connectivity index (χ0) is 13.6. The lowest BCUT2D eigenvalue weighted by Crippen LogP contribution is -2.44. The number of hydrogen-bond donors (Lipinski definition) is 1. The third kappa shape index (κ3) is 5.43. The molecule has 1 rings (SSSR count). The lowest BCUT2D eigenvalue weighted by molar-refractivity contribution is 0.285. The van der Waals surface area contributed by atoms with Gasteiger partial charge in [-0.05, 0) is 37.5 Å². The van der Waals surface area contributed by atoms with Crippen molar-refractivity contribution in [2.45, 2.75) is 39.5 Å². The third-order valence-corrected chi connectivity index (χ3v) is 5.64. The number of alkyl halides is 1. The van der Waals surface area contributed by atoms with Crippen LogP contribution in [0.15, 0.2) is 0 Å². The van der Waals surface area contributed by atoms with Crippen LogP contribution in [0.4, 0.5) is 0 Å². The molecule has 4 nitrogen and oxygen atoms in total. The lowest BCUT2D eigenvalue weighted by atomic mass is 10.0. The molecular formula is C12H25ClN2O2S. The first-order valence-corrected chi connectivity index (χ1v) is 8.74. The van der Waals surface area contributed by atoms with Gasteiger partial charge in [-0.15, -0.1) is 11.6 Å². The van der Waals surface area contributed by atoms with E-state index in [1.807, 2.05) is 0 Å². The number of hydrogen-bond acceptors (Lipinski definition) is 2. The van der Waals surface area contributed by atoms with Gasteiger partial charge < -0.3 is 0 Å². The van der Waals surface area contributed by atoms with Gasteiger partial charge in [-0.25, -0.2) is 4.72 Å². The molecule has 1 saturated heterocycles. The van der Waals surface area contributed by atoms with Crippen molar-refractivity contribution in [2.75, 3.05) is 25.5 Å². The molecule has 6 heteroatoms. The minimum atomic E-state index is -3.26. The molecule has 1 N–H and O–H groups in total. The Balaban J connectivity index is 2.27. The molecule has 0 aromatic rings. The summed E-state index contributed by atoms with van der Waals surface area (Å²) in [6.45, 7) is 6.05. The van der Waals surface area contributed by atoms with Gasteiger partial charge in [-0.3, -0.25) is 0 Å². The van der Waals surface area contributed by atoms with E-state index in [1.165, 1.54) is 0 Å². The Morgan fingerprint density at radius 3 is 2.56 bits per heavy atom. The van der Waals surface area contributed by atoms with E-state index in [-0.39, 0.29) is 0 Å². The summed E-state index contributed by atoms with van der Waals surface area (Å²) in [4.78, 5) is 0. The van der Waals surface area contributed by atoms with Crippen LogP contribution >= 0.6 is 11.6 Å². The van der Waals surface area contributed by atoms with Gasteiger partial charge in [0.2, 0.25) is 0 Å². The number of piperidine rings is 1. The number of nitrogens with zero attached hydrogens (tertiary/aromatic N) is 1. The van der Waals surface area contributed by atoms with Crippen molar-refractivity contribution in [3.05, 3.63) is 0 Å². The first-order chi connectivity index (χ1) is 8.45. The summed E-state index contributed by atoms with van der Waals surface area (Å²) in [5.41, 5.74) is 0. The van der Waals surface area contributed by atoms with Gasteiger partial charge >= 0.3 is 0 Å². The maximum Gasteiger partial charge on any atom is 0.279 e. The monoisotopic (exact) mass is 296 g/mol. The van der Waals surface area contributed by atoms with Crippen LogP contribution in [0.1, 0.15) is 39.5 Å². The second kappa shape index (κ2) is 7.68. The van der Waals surface area contributed by atoms with Crippen LogP contribution < -0.4 is 4.72 Å². The fourth-order valence-corrected chi connectivity index (χ4v) is 3.48. The van der Waals surface area contributed by atoms with Gasteiger partial charge in [0.1, 0.15) is 0 Å². The summed E-state index contributed by atoms with van der Waals surface area (Å²) in [6, 6.07) is 0. The highest BCUT2D eigenvalue weighted by molar-refractivity contribution is 7.87. The van der Waals surface area contributed by atoms with Crippen LogP contribution in [0.3, 0.4) is 0 Å². The van der Waals surface area contributed by atoms with Crippen LogP contribution in [0.5, 0.6) is 0 Å². The van der Waals surface area contributed by atoms with E-state index < -0.39 is 10.2 Å². The molecule has 1 heterocycles. The summed E-state index contributed by atoms with van der Waals surface area (Å²) < 4.78 is 28.2. The molecule has 0 saturated carbocycles. The van der Waals surface area contributed by atoms with Gasteiger partial charge in [-0.2, -0.15) is 12.7 Å². The second-order valence-corrected chi connectivity index (χ2v) is 7.45. The van der Waals surface area contributed by atoms with Crippen LogP contribution in [-0.2, 0) is 10.2 Å². The topological polar surface area (TPSA) is 49.4 Å². The summed E-state index contributed by atoms with van der Waals surface area (Å²) in [5, 5.41) is 0. The number of nitrogens with one attached hydrogen (secondary N) is 1. The quantitative estimate of drug-likeness (QED) is 0.578. The zero-order valence-electron chi connectivity index (χ0n) is 11.4. The van der Waals surface area contributed by atoms with E-state index in [9.17, 15) is 8.42 Å². The number of halogens is 1. The molecule has 1 aliphatic heterocycles. The summed E-state index contributed by atoms with van der Waals surface area (Å²) >= 11 is 5.71. The van der Waals surface area contributed by atoms with Crippen molar-refractivity contribution in [3.63, 3.8) is 0 Å². The normalized spacial score (nSPS) is 21.1. The predicted octanol–water partition coefficient (Wildman–Crippen LogP) is 2.21. The Morgan fingerprint density at radius 1 is 1.39 bits per heavy atom. The van der Waals surface area contributed by atoms with Crippen LogP contribution in [0.25, 0.3) is 0 Å². The Labute approximate surface area is 116 Å². The first-order valence-electron chi connectivity index (χ1n) is 6.76. The van der Waals surface area contributed by atoms with E-state index in [4.69, 9.17) is 11.6 Å². The molecule has 0 aromatic carbocycles. The minimum absolute atomic E-state index is 0.451. The molecule has 0 bridgehead atoms. The highest BCUT2D eigenvalue weighted by Gasteiger charge is 2.25. The van der Waals surface area contributed by atoms with E-state index in [0.29, 0.717) is 37.4 Å². The third-order valence-electron chi connectivity index (χ3n) is 3.50.